The van der Waals surface area contributed by atoms with Crippen molar-refractivity contribution < 1.29 is 17.9 Å². The number of carbonyl (C=O) groups excluding carboxylic acids is 1. The maximum Gasteiger partial charge on any atom is 0.251 e. The molecule has 29 heavy (non-hydrogen) atoms. The molecule has 7 heteroatoms. The van der Waals surface area contributed by atoms with Gasteiger partial charge in [0.05, 0.1) is 7.11 Å². The molecule has 0 N–H and O–H groups in total. The summed E-state index contributed by atoms with van der Waals surface area (Å²) >= 11 is 0. The van der Waals surface area contributed by atoms with Gasteiger partial charge in [-0.05, 0) is 56.2 Å². The molecule has 0 unspecified atom stereocenters. The van der Waals surface area contributed by atoms with Crippen LogP contribution in [0.3, 0.4) is 0 Å². The number of hydrogen-bond acceptors (Lipinski definition) is 4. The van der Waals surface area contributed by atoms with Gasteiger partial charge >= 0.3 is 0 Å². The van der Waals surface area contributed by atoms with E-state index in [9.17, 15) is 13.2 Å². The van der Waals surface area contributed by atoms with Gasteiger partial charge in [0.2, 0.25) is 10.0 Å². The third-order valence-electron chi connectivity index (χ3n) is 4.49. The van der Waals surface area contributed by atoms with Gasteiger partial charge < -0.3 is 9.64 Å². The van der Waals surface area contributed by atoms with E-state index in [1.807, 2.05) is 45.0 Å². The number of ether oxygens (including phenoxy) is 1. The van der Waals surface area contributed by atoms with E-state index in [1.165, 1.54) is 33.3 Å². The highest BCUT2D eigenvalue weighted by atomic mass is 32.2. The van der Waals surface area contributed by atoms with E-state index < -0.39 is 10.0 Å². The van der Waals surface area contributed by atoms with Crippen LogP contribution in [0.15, 0.2) is 53.4 Å². The second-order valence-electron chi connectivity index (χ2n) is 7.12. The third-order valence-corrected chi connectivity index (χ3v) is 6.33. The Bertz CT molecular complexity index is 1010. The molecule has 2 aromatic rings. The summed E-state index contributed by atoms with van der Waals surface area (Å²) in [5.41, 5.74) is 2.45. The number of para-hydroxylation sites is 1. The highest BCUT2D eigenvalue weighted by Crippen LogP contribution is 2.28. The molecule has 0 heterocycles. The summed E-state index contributed by atoms with van der Waals surface area (Å²) in [6.45, 7) is 5.87. The summed E-state index contributed by atoms with van der Waals surface area (Å²) < 4.78 is 31.5. The highest BCUT2D eigenvalue weighted by molar-refractivity contribution is 7.89. The molecule has 2 aromatic carbocycles. The lowest BCUT2D eigenvalue weighted by Crippen LogP contribution is -2.36. The Hall–Kier alpha value is -2.64. The van der Waals surface area contributed by atoms with Crippen LogP contribution in [0.4, 0.5) is 5.69 Å². The molecule has 0 saturated heterocycles. The molecule has 0 bridgehead atoms. The van der Waals surface area contributed by atoms with Gasteiger partial charge in [-0.25, -0.2) is 12.7 Å². The van der Waals surface area contributed by atoms with Crippen molar-refractivity contribution in [3.63, 3.8) is 0 Å². The SMILES string of the molecule is COc1ccc(/C=C/C(=O)N(c2ccccc2C)C(C)C)cc1S(=O)(=O)N(C)C. The molecule has 0 saturated carbocycles. The van der Waals surface area contributed by atoms with E-state index in [2.05, 4.69) is 0 Å². The Morgan fingerprint density at radius 3 is 2.31 bits per heavy atom. The van der Waals surface area contributed by atoms with Crippen LogP contribution >= 0.6 is 0 Å². The molecule has 156 valence electrons. The van der Waals surface area contributed by atoms with Gasteiger partial charge in [0.1, 0.15) is 10.6 Å². The number of amides is 1. The monoisotopic (exact) mass is 416 g/mol. The van der Waals surface area contributed by atoms with Crippen LogP contribution in [0.1, 0.15) is 25.0 Å². The zero-order valence-electron chi connectivity index (χ0n) is 17.7. The van der Waals surface area contributed by atoms with Crippen LogP contribution in [0.25, 0.3) is 6.08 Å². The predicted octanol–water partition coefficient (Wildman–Crippen LogP) is 3.71. The second-order valence-corrected chi connectivity index (χ2v) is 9.24. The van der Waals surface area contributed by atoms with Crippen molar-refractivity contribution in [1.29, 1.82) is 0 Å². The zero-order valence-corrected chi connectivity index (χ0v) is 18.5. The lowest BCUT2D eigenvalue weighted by atomic mass is 10.1. The lowest BCUT2D eigenvalue weighted by Gasteiger charge is -2.27. The summed E-state index contributed by atoms with van der Waals surface area (Å²) in [4.78, 5) is 14.7. The molecule has 0 aliphatic heterocycles. The molecule has 6 nitrogen and oxygen atoms in total. The first kappa shape index (κ1) is 22.6. The van der Waals surface area contributed by atoms with Crippen molar-refractivity contribution in [3.8, 4) is 5.75 Å². The Morgan fingerprint density at radius 2 is 1.76 bits per heavy atom. The van der Waals surface area contributed by atoms with Crippen molar-refractivity contribution in [2.45, 2.75) is 31.7 Å². The topological polar surface area (TPSA) is 66.9 Å². The largest absolute Gasteiger partial charge is 0.495 e. The van der Waals surface area contributed by atoms with E-state index in [0.717, 1.165) is 15.6 Å². The Kier molecular flexibility index (Phi) is 7.21. The molecule has 0 spiro atoms. The van der Waals surface area contributed by atoms with E-state index >= 15 is 0 Å². The first-order valence-electron chi connectivity index (χ1n) is 9.27. The number of methoxy groups -OCH3 is 1. The Labute approximate surface area is 173 Å². The van der Waals surface area contributed by atoms with Crippen molar-refractivity contribution in [2.24, 2.45) is 0 Å². The van der Waals surface area contributed by atoms with E-state index in [4.69, 9.17) is 4.74 Å². The minimum Gasteiger partial charge on any atom is -0.495 e. The summed E-state index contributed by atoms with van der Waals surface area (Å²) in [6.07, 6.45) is 3.07. The maximum absolute atomic E-state index is 12.9. The lowest BCUT2D eigenvalue weighted by molar-refractivity contribution is -0.114. The summed E-state index contributed by atoms with van der Waals surface area (Å²) in [5.74, 6) is 0.0769. The molecular weight excluding hydrogens is 388 g/mol. The molecular formula is C22H28N2O4S. The van der Waals surface area contributed by atoms with Gasteiger partial charge in [0.15, 0.2) is 0 Å². The van der Waals surface area contributed by atoms with Gasteiger partial charge in [-0.15, -0.1) is 0 Å². The van der Waals surface area contributed by atoms with Crippen molar-refractivity contribution in [3.05, 3.63) is 59.7 Å². The van der Waals surface area contributed by atoms with E-state index in [0.29, 0.717) is 5.56 Å². The number of rotatable bonds is 7. The Morgan fingerprint density at radius 1 is 1.10 bits per heavy atom. The molecule has 0 fully saturated rings. The number of aryl methyl sites for hydroxylation is 1. The van der Waals surface area contributed by atoms with Crippen molar-refractivity contribution in [1.82, 2.24) is 4.31 Å². The molecule has 0 aliphatic carbocycles. The normalized spacial score (nSPS) is 12.0. The fourth-order valence-corrected chi connectivity index (χ4v) is 4.01. The summed E-state index contributed by atoms with van der Waals surface area (Å²) in [6, 6.07) is 12.5. The second kappa shape index (κ2) is 9.24. The van der Waals surface area contributed by atoms with Crippen LogP contribution < -0.4 is 9.64 Å². The molecule has 0 atom stereocenters. The van der Waals surface area contributed by atoms with E-state index in [1.54, 1.807) is 23.1 Å². The fraction of sp³-hybridized carbons (Fsp3) is 0.318. The Balaban J connectivity index is 2.40. The smallest absolute Gasteiger partial charge is 0.251 e. The minimum atomic E-state index is -3.68. The fourth-order valence-electron chi connectivity index (χ4n) is 2.93. The van der Waals surface area contributed by atoms with Gasteiger partial charge in [-0.3, -0.25) is 4.79 Å². The number of carbonyl (C=O) groups is 1. The molecule has 2 rings (SSSR count). The van der Waals surface area contributed by atoms with Crippen LogP contribution in [0, 0.1) is 6.92 Å². The van der Waals surface area contributed by atoms with Gasteiger partial charge in [0.25, 0.3) is 5.91 Å². The average Bonchev–Trinajstić information content (AvgIpc) is 2.67. The summed E-state index contributed by atoms with van der Waals surface area (Å²) in [5, 5.41) is 0. The zero-order chi connectivity index (χ0) is 21.8. The number of anilines is 1. The maximum atomic E-state index is 12.9. The minimum absolute atomic E-state index is 0.0335. The van der Waals surface area contributed by atoms with E-state index in [-0.39, 0.29) is 22.6 Å². The standard InChI is InChI=1S/C22H28N2O4S/c1-16(2)24(19-10-8-7-9-17(19)3)22(25)14-12-18-11-13-20(28-6)21(15-18)29(26,27)23(4)5/h7-16H,1-6H3/b14-12+. The van der Waals surface area contributed by atoms with Gasteiger partial charge in [-0.1, -0.05) is 24.3 Å². The number of nitrogens with zero attached hydrogens (tertiary/aromatic N) is 2. The molecule has 0 aromatic heterocycles. The number of sulfonamides is 1. The first-order valence-corrected chi connectivity index (χ1v) is 10.7. The van der Waals surface area contributed by atoms with Crippen LogP contribution in [0.2, 0.25) is 0 Å². The van der Waals surface area contributed by atoms with Crippen LogP contribution in [-0.2, 0) is 14.8 Å². The predicted molar refractivity (Wildman–Crippen MR) is 117 cm³/mol. The quantitative estimate of drug-likeness (QED) is 0.646. The number of benzene rings is 2. The molecule has 1 amide bonds. The summed E-state index contributed by atoms with van der Waals surface area (Å²) in [7, 11) is 0.666. The van der Waals surface area contributed by atoms with Crippen molar-refractivity contribution >= 4 is 27.7 Å². The third kappa shape index (κ3) is 5.05. The average molecular weight is 417 g/mol. The number of hydrogen-bond donors (Lipinski definition) is 0. The van der Waals surface area contributed by atoms with Gasteiger partial charge in [0, 0.05) is 31.9 Å². The highest BCUT2D eigenvalue weighted by Gasteiger charge is 2.23. The molecule has 0 radical (unpaired) electrons. The first-order chi connectivity index (χ1) is 13.6. The van der Waals surface area contributed by atoms with Crippen molar-refractivity contribution in [2.75, 3.05) is 26.1 Å². The van der Waals surface area contributed by atoms with Crippen LogP contribution in [-0.4, -0.2) is 45.9 Å². The van der Waals surface area contributed by atoms with Crippen LogP contribution in [0.5, 0.6) is 5.75 Å². The molecule has 0 aliphatic rings. The van der Waals surface area contributed by atoms with Gasteiger partial charge in [-0.2, -0.15) is 0 Å².